The van der Waals surface area contributed by atoms with Gasteiger partial charge in [0.2, 0.25) is 0 Å². The SMILES string of the molecule is Br.c1ccc(CNCc2ccc(CN(C[C@@H]3CCCN3)C3CCCc4cccnc43)cc2)nc1. The average molecular weight is 523 g/mol. The second kappa shape index (κ2) is 12.5. The number of aromatic nitrogens is 2. The molecule has 0 bridgehead atoms. The highest BCUT2D eigenvalue weighted by Gasteiger charge is 2.29. The van der Waals surface area contributed by atoms with Crippen LogP contribution in [0.25, 0.3) is 0 Å². The zero-order valence-corrected chi connectivity index (χ0v) is 21.5. The number of nitrogens with zero attached hydrogens (tertiary/aromatic N) is 3. The Labute approximate surface area is 214 Å². The summed E-state index contributed by atoms with van der Waals surface area (Å²) in [4.78, 5) is 11.9. The molecule has 3 heterocycles. The van der Waals surface area contributed by atoms with Crippen molar-refractivity contribution in [1.29, 1.82) is 0 Å². The maximum absolute atomic E-state index is 4.84. The van der Waals surface area contributed by atoms with E-state index in [1.165, 1.54) is 48.1 Å². The maximum Gasteiger partial charge on any atom is 0.0607 e. The van der Waals surface area contributed by atoms with E-state index < -0.39 is 0 Å². The van der Waals surface area contributed by atoms with Crippen LogP contribution >= 0.6 is 17.0 Å². The molecule has 0 spiro atoms. The second-order valence-corrected chi connectivity index (χ2v) is 9.42. The number of hydrogen-bond donors (Lipinski definition) is 2. The molecule has 6 heteroatoms. The Morgan fingerprint density at radius 1 is 0.882 bits per heavy atom. The molecule has 3 aromatic rings. The van der Waals surface area contributed by atoms with Crippen molar-refractivity contribution in [1.82, 2.24) is 25.5 Å². The van der Waals surface area contributed by atoms with Gasteiger partial charge in [0.1, 0.15) is 0 Å². The lowest BCUT2D eigenvalue weighted by Crippen LogP contribution is -2.40. The minimum atomic E-state index is 0. The molecular weight excluding hydrogens is 486 g/mol. The van der Waals surface area contributed by atoms with Crippen LogP contribution in [-0.2, 0) is 26.1 Å². The van der Waals surface area contributed by atoms with Crippen molar-refractivity contribution in [2.75, 3.05) is 13.1 Å². The topological polar surface area (TPSA) is 53.1 Å². The first kappa shape index (κ1) is 25.0. The van der Waals surface area contributed by atoms with Crippen molar-refractivity contribution in [3.63, 3.8) is 0 Å². The molecule has 2 atom stereocenters. The third-order valence-corrected chi connectivity index (χ3v) is 6.99. The molecule has 1 saturated heterocycles. The summed E-state index contributed by atoms with van der Waals surface area (Å²) in [7, 11) is 0. The zero-order valence-electron chi connectivity index (χ0n) is 19.8. The predicted octanol–water partition coefficient (Wildman–Crippen LogP) is 4.98. The van der Waals surface area contributed by atoms with Gasteiger partial charge < -0.3 is 10.6 Å². The van der Waals surface area contributed by atoms with E-state index in [0.717, 1.165) is 44.8 Å². The molecule has 1 aliphatic heterocycles. The van der Waals surface area contributed by atoms with Gasteiger partial charge in [-0.2, -0.15) is 0 Å². The molecule has 0 radical (unpaired) electrons. The fourth-order valence-electron chi connectivity index (χ4n) is 5.27. The third kappa shape index (κ3) is 6.51. The van der Waals surface area contributed by atoms with Gasteiger partial charge >= 0.3 is 0 Å². The molecular formula is C28H36BrN5. The molecule has 2 aliphatic rings. The van der Waals surface area contributed by atoms with Crippen LogP contribution in [0.4, 0.5) is 0 Å². The van der Waals surface area contributed by atoms with E-state index in [-0.39, 0.29) is 17.0 Å². The van der Waals surface area contributed by atoms with Crippen LogP contribution in [0.2, 0.25) is 0 Å². The van der Waals surface area contributed by atoms with Crippen LogP contribution in [0.15, 0.2) is 67.0 Å². The molecule has 2 aromatic heterocycles. The summed E-state index contributed by atoms with van der Waals surface area (Å²) in [6.45, 7) is 4.86. The van der Waals surface area contributed by atoms with Crippen LogP contribution in [0, 0.1) is 0 Å². The highest BCUT2D eigenvalue weighted by Crippen LogP contribution is 2.34. The molecule has 0 saturated carbocycles. The number of nitrogens with one attached hydrogen (secondary N) is 2. The zero-order chi connectivity index (χ0) is 22.3. The van der Waals surface area contributed by atoms with Gasteiger partial charge in [-0.05, 0) is 73.5 Å². The predicted molar refractivity (Wildman–Crippen MR) is 143 cm³/mol. The normalized spacial score (nSPS) is 19.6. The smallest absolute Gasteiger partial charge is 0.0607 e. The molecule has 0 amide bonds. The van der Waals surface area contributed by atoms with Crippen molar-refractivity contribution in [3.8, 4) is 0 Å². The molecule has 1 fully saturated rings. The first-order valence-electron chi connectivity index (χ1n) is 12.4. The summed E-state index contributed by atoms with van der Waals surface area (Å²) in [5, 5.41) is 7.21. The Hall–Kier alpha value is -2.12. The van der Waals surface area contributed by atoms with E-state index in [2.05, 4.69) is 63.0 Å². The van der Waals surface area contributed by atoms with Gasteiger partial charge in [0.15, 0.2) is 0 Å². The van der Waals surface area contributed by atoms with Crippen LogP contribution in [-0.4, -0.2) is 34.0 Å². The Kier molecular flexibility index (Phi) is 9.22. The van der Waals surface area contributed by atoms with E-state index in [4.69, 9.17) is 4.98 Å². The standard InChI is InChI=1S/C28H35N5.BrH/c1-2-15-30-25(8-1)19-29-18-22-11-13-23(14-12-22)20-33(21-26-9-5-16-31-26)27-10-3-6-24-7-4-17-32-28(24)27;/h1-2,4,7-8,11-15,17,26-27,29,31H,3,5-6,9-10,16,18-21H2;1H/t26-,27?;/m0./s1. The molecule has 1 unspecified atom stereocenters. The number of aryl methyl sites for hydroxylation is 1. The summed E-state index contributed by atoms with van der Waals surface area (Å²) in [6.07, 6.45) is 9.99. The van der Waals surface area contributed by atoms with Crippen LogP contribution < -0.4 is 10.6 Å². The average Bonchev–Trinajstić information content (AvgIpc) is 3.38. The molecule has 1 aliphatic carbocycles. The van der Waals surface area contributed by atoms with Crippen molar-refractivity contribution in [2.24, 2.45) is 0 Å². The first-order valence-corrected chi connectivity index (χ1v) is 12.4. The lowest BCUT2D eigenvalue weighted by molar-refractivity contribution is 0.151. The minimum absolute atomic E-state index is 0. The van der Waals surface area contributed by atoms with Gasteiger partial charge in [-0.1, -0.05) is 36.4 Å². The maximum atomic E-state index is 4.84. The molecule has 34 heavy (non-hydrogen) atoms. The summed E-state index contributed by atoms with van der Waals surface area (Å²) < 4.78 is 0. The van der Waals surface area contributed by atoms with E-state index in [1.807, 2.05) is 24.5 Å². The van der Waals surface area contributed by atoms with Crippen LogP contribution in [0.3, 0.4) is 0 Å². The van der Waals surface area contributed by atoms with Gasteiger partial charge in [-0.25, -0.2) is 0 Å². The summed E-state index contributed by atoms with van der Waals surface area (Å²) >= 11 is 0. The lowest BCUT2D eigenvalue weighted by atomic mass is 9.90. The van der Waals surface area contributed by atoms with Crippen molar-refractivity contribution >= 4 is 17.0 Å². The Bertz CT molecular complexity index is 1000. The molecule has 5 nitrogen and oxygen atoms in total. The van der Waals surface area contributed by atoms with Crippen molar-refractivity contribution in [2.45, 2.75) is 63.8 Å². The van der Waals surface area contributed by atoms with Gasteiger partial charge in [0.25, 0.3) is 0 Å². The number of hydrogen-bond acceptors (Lipinski definition) is 5. The Balaban J connectivity index is 0.00000274. The second-order valence-electron chi connectivity index (χ2n) is 9.42. The van der Waals surface area contributed by atoms with E-state index in [1.54, 1.807) is 0 Å². The number of rotatable bonds is 9. The molecule has 180 valence electrons. The highest BCUT2D eigenvalue weighted by molar-refractivity contribution is 8.93. The van der Waals surface area contributed by atoms with Crippen LogP contribution in [0.5, 0.6) is 0 Å². The summed E-state index contributed by atoms with van der Waals surface area (Å²) in [5.41, 5.74) is 6.50. The fraction of sp³-hybridized carbons (Fsp3) is 0.429. The monoisotopic (exact) mass is 521 g/mol. The fourth-order valence-corrected chi connectivity index (χ4v) is 5.27. The summed E-state index contributed by atoms with van der Waals surface area (Å²) in [5.74, 6) is 0. The van der Waals surface area contributed by atoms with E-state index in [9.17, 15) is 0 Å². The number of benzene rings is 1. The van der Waals surface area contributed by atoms with Gasteiger partial charge in [0.05, 0.1) is 17.4 Å². The highest BCUT2D eigenvalue weighted by atomic mass is 79.9. The first-order chi connectivity index (χ1) is 16.3. The van der Waals surface area contributed by atoms with E-state index >= 15 is 0 Å². The van der Waals surface area contributed by atoms with Crippen LogP contribution in [0.1, 0.15) is 59.8 Å². The Morgan fingerprint density at radius 2 is 1.74 bits per heavy atom. The molecule has 1 aromatic carbocycles. The van der Waals surface area contributed by atoms with Gasteiger partial charge in [0, 0.05) is 44.6 Å². The lowest BCUT2D eigenvalue weighted by Gasteiger charge is -2.36. The largest absolute Gasteiger partial charge is 0.313 e. The van der Waals surface area contributed by atoms with Crippen molar-refractivity contribution in [3.05, 3.63) is 95.1 Å². The summed E-state index contributed by atoms with van der Waals surface area (Å²) in [6, 6.07) is 20.5. The third-order valence-electron chi connectivity index (χ3n) is 6.99. The van der Waals surface area contributed by atoms with Crippen molar-refractivity contribution < 1.29 is 0 Å². The number of fused-ring (bicyclic) bond motifs is 1. The number of halogens is 1. The van der Waals surface area contributed by atoms with Gasteiger partial charge in [-0.3, -0.25) is 14.9 Å². The minimum Gasteiger partial charge on any atom is -0.313 e. The Morgan fingerprint density at radius 3 is 2.53 bits per heavy atom. The van der Waals surface area contributed by atoms with Gasteiger partial charge in [-0.15, -0.1) is 17.0 Å². The van der Waals surface area contributed by atoms with E-state index in [0.29, 0.717) is 12.1 Å². The molecule has 2 N–H and O–H groups in total. The quantitative estimate of drug-likeness (QED) is 0.416. The molecule has 5 rings (SSSR count). The number of pyridine rings is 2.